The van der Waals surface area contributed by atoms with Crippen LogP contribution >= 0.6 is 23.2 Å². The number of nitriles is 2. The van der Waals surface area contributed by atoms with Gasteiger partial charge in [-0.1, -0.05) is 59.6 Å². The van der Waals surface area contributed by atoms with E-state index in [1.54, 1.807) is 48.7 Å². The minimum absolute atomic E-state index is 0.0293. The summed E-state index contributed by atoms with van der Waals surface area (Å²) < 4.78 is 35.4. The first-order valence-corrected chi connectivity index (χ1v) is 22.5. The molecule has 4 aromatic carbocycles. The number of halogens is 2. The third-order valence-electron chi connectivity index (χ3n) is 11.5. The predicted molar refractivity (Wildman–Crippen MR) is 251 cm³/mol. The Balaban J connectivity index is 0.973. The van der Waals surface area contributed by atoms with Crippen LogP contribution in [0.4, 0.5) is 0 Å². The Morgan fingerprint density at radius 1 is 0.735 bits per heavy atom. The molecule has 68 heavy (non-hydrogen) atoms. The van der Waals surface area contributed by atoms with Gasteiger partial charge in [-0.3, -0.25) is 14.6 Å². The molecule has 3 aliphatic heterocycles. The van der Waals surface area contributed by atoms with Crippen molar-refractivity contribution in [2.45, 2.75) is 64.8 Å². The van der Waals surface area contributed by atoms with E-state index in [0.29, 0.717) is 86.1 Å². The summed E-state index contributed by atoms with van der Waals surface area (Å²) in [4.78, 5) is 27.5. The molecule has 2 fully saturated rings. The molecule has 4 N–H and O–H groups in total. The van der Waals surface area contributed by atoms with Crippen LogP contribution < -0.4 is 34.9 Å². The van der Waals surface area contributed by atoms with E-state index in [0.717, 1.165) is 27.8 Å². The molecular weight excluding hydrogens is 911 g/mol. The number of nitrogens with one attached hydrogen (secondary N) is 3. The van der Waals surface area contributed by atoms with Gasteiger partial charge in [0.2, 0.25) is 0 Å². The number of dihydropyridines is 1. The second-order valence-corrected chi connectivity index (χ2v) is 17.2. The number of aromatic hydroxyl groups is 1. The minimum Gasteiger partial charge on any atom is -0.507 e. The number of nitrogens with zero attached hydrogens (tertiary/aromatic N) is 3. The number of carbonyl (C=O) groups excluding carboxylic acids is 2. The summed E-state index contributed by atoms with van der Waals surface area (Å²) in [6, 6.07) is 23.8. The highest BCUT2D eigenvalue weighted by molar-refractivity contribution is 6.32. The zero-order chi connectivity index (χ0) is 47.6. The third-order valence-corrected chi connectivity index (χ3v) is 12.1. The smallest absolute Gasteiger partial charge is 0.307 e. The zero-order valence-corrected chi connectivity index (χ0v) is 38.4. The van der Waals surface area contributed by atoms with E-state index in [4.69, 9.17) is 51.6 Å². The molecule has 3 aliphatic rings. The molecule has 0 bridgehead atoms. The monoisotopic (exact) mass is 956 g/mol. The molecule has 17 heteroatoms. The molecule has 4 heterocycles. The summed E-state index contributed by atoms with van der Waals surface area (Å²) in [6.45, 7) is 4.04. The van der Waals surface area contributed by atoms with E-state index in [1.165, 1.54) is 6.20 Å². The maximum absolute atomic E-state index is 11.7. The highest BCUT2D eigenvalue weighted by Gasteiger charge is 2.26. The molecule has 2 saturated heterocycles. The van der Waals surface area contributed by atoms with Crippen LogP contribution in [0.2, 0.25) is 10.0 Å². The largest absolute Gasteiger partial charge is 0.507 e. The Hall–Kier alpha value is -7.27. The van der Waals surface area contributed by atoms with Gasteiger partial charge in [-0.15, -0.1) is 0 Å². The number of para-hydroxylation sites is 1. The Morgan fingerprint density at radius 2 is 1.32 bits per heavy atom. The van der Waals surface area contributed by atoms with Crippen molar-refractivity contribution in [3.63, 3.8) is 0 Å². The number of benzene rings is 4. The van der Waals surface area contributed by atoms with Gasteiger partial charge in [0.15, 0.2) is 0 Å². The van der Waals surface area contributed by atoms with Crippen molar-refractivity contribution in [2.24, 2.45) is 0 Å². The summed E-state index contributed by atoms with van der Waals surface area (Å²) in [5.41, 5.74) is 7.54. The number of pyridine rings is 1. The van der Waals surface area contributed by atoms with E-state index in [-0.39, 0.29) is 82.3 Å². The third kappa shape index (κ3) is 11.8. The normalized spacial score (nSPS) is 16.4. The Kier molecular flexibility index (Phi) is 15.3. The summed E-state index contributed by atoms with van der Waals surface area (Å²) in [6.07, 6.45) is 7.21. The summed E-state index contributed by atoms with van der Waals surface area (Å²) in [5, 5.41) is 40.9. The van der Waals surface area contributed by atoms with Crippen molar-refractivity contribution in [3.8, 4) is 52.0 Å². The van der Waals surface area contributed by atoms with Crippen LogP contribution in [0.25, 0.3) is 11.1 Å². The first kappa shape index (κ1) is 47.2. The van der Waals surface area contributed by atoms with Crippen LogP contribution in [0.5, 0.6) is 28.7 Å². The summed E-state index contributed by atoms with van der Waals surface area (Å²) >= 11 is 13.6. The molecule has 0 amide bonds. The number of hydrogen-bond acceptors (Lipinski definition) is 15. The molecule has 0 aliphatic carbocycles. The van der Waals surface area contributed by atoms with E-state index in [9.17, 15) is 25.2 Å². The summed E-state index contributed by atoms with van der Waals surface area (Å²) in [5.74, 6) is 1.20. The number of carbonyl (C=O) groups is 2. The van der Waals surface area contributed by atoms with Crippen molar-refractivity contribution in [1.82, 2.24) is 20.9 Å². The number of phenols is 1. The minimum atomic E-state index is -0.266. The second-order valence-electron chi connectivity index (χ2n) is 16.3. The standard InChI is InChI=1S/C51H46Cl2N6O9/c1-30-35(26-65-47-14-45(63-24-33-8-31(16-54)18-56-20-33)37(10-43(47)52)22-58-39-12-49(60)67-28-39)4-2-6-41(30)42-7-3-5-36(51(42)62)27-66-48-15-46(64-25-34-9-32(17-55)19-57-21-34)38(11-44(48)53)23-59-40-13-50(61)68-29-40/h2-11,14-15,19-21,39-40,56,58-59,62H,12-13,18,22-29H2,1H3. The first-order valence-electron chi connectivity index (χ1n) is 21.7. The Morgan fingerprint density at radius 3 is 1.93 bits per heavy atom. The van der Waals surface area contributed by atoms with Crippen molar-refractivity contribution >= 4 is 35.1 Å². The Bertz CT molecular complexity index is 2870. The molecule has 0 saturated carbocycles. The van der Waals surface area contributed by atoms with Gasteiger partial charge in [0.05, 0.1) is 46.6 Å². The maximum atomic E-state index is 11.7. The zero-order valence-electron chi connectivity index (χ0n) is 36.9. The van der Waals surface area contributed by atoms with Crippen molar-refractivity contribution in [2.75, 3.05) is 26.4 Å². The predicted octanol–water partition coefficient (Wildman–Crippen LogP) is 7.80. The van der Waals surface area contributed by atoms with Crippen LogP contribution in [-0.4, -0.2) is 60.5 Å². The van der Waals surface area contributed by atoms with E-state index in [1.807, 2.05) is 43.5 Å². The molecule has 0 radical (unpaired) electrons. The molecule has 1 aromatic heterocycles. The van der Waals surface area contributed by atoms with Crippen LogP contribution in [0.15, 0.2) is 103 Å². The van der Waals surface area contributed by atoms with Gasteiger partial charge in [-0.05, 0) is 47.9 Å². The van der Waals surface area contributed by atoms with Gasteiger partial charge >= 0.3 is 11.9 Å². The molecule has 348 valence electrons. The van der Waals surface area contributed by atoms with Crippen molar-refractivity contribution in [3.05, 3.63) is 152 Å². The average molecular weight is 958 g/mol. The number of cyclic esters (lactones) is 2. The number of hydrogen-bond donors (Lipinski definition) is 4. The van der Waals surface area contributed by atoms with Crippen LogP contribution in [0.1, 0.15) is 51.8 Å². The SMILES string of the molecule is Cc1c(COc2cc(OCC3=CNCC(C#N)=C3)c(CNC3COC(=O)C3)cc2Cl)cccc1-c1cccc(COc2cc(OCc3cncc(C#N)c3)c(CNC3COC(=O)C3)cc2Cl)c1O. The number of aromatic nitrogens is 1. The fourth-order valence-corrected chi connectivity index (χ4v) is 8.28. The van der Waals surface area contributed by atoms with E-state index >= 15 is 0 Å². The number of phenolic OH excluding ortho intramolecular Hbond substituents is 1. The van der Waals surface area contributed by atoms with Crippen LogP contribution in [0.3, 0.4) is 0 Å². The van der Waals surface area contributed by atoms with Gasteiger partial charge < -0.3 is 49.5 Å². The molecule has 5 aromatic rings. The maximum Gasteiger partial charge on any atom is 0.307 e. The van der Waals surface area contributed by atoms with Gasteiger partial charge in [0.25, 0.3) is 0 Å². The first-order chi connectivity index (χ1) is 33.0. The van der Waals surface area contributed by atoms with Gasteiger partial charge in [-0.25, -0.2) is 0 Å². The quantitative estimate of drug-likeness (QED) is 0.0583. The lowest BCUT2D eigenvalue weighted by atomic mass is 9.94. The fraction of sp³-hybridized carbons (Fsp3) is 0.275. The number of ether oxygens (including phenoxy) is 6. The molecule has 0 spiro atoms. The lowest BCUT2D eigenvalue weighted by molar-refractivity contribution is -0.138. The van der Waals surface area contributed by atoms with Crippen LogP contribution in [0, 0.1) is 29.6 Å². The average Bonchev–Trinajstić information content (AvgIpc) is 3.98. The van der Waals surface area contributed by atoms with Gasteiger partial charge in [-0.2, -0.15) is 10.5 Å². The van der Waals surface area contributed by atoms with Crippen LogP contribution in [-0.2, 0) is 52.0 Å². The Labute approximate surface area is 402 Å². The highest BCUT2D eigenvalue weighted by atomic mass is 35.5. The molecular formula is C51H46Cl2N6O9. The van der Waals surface area contributed by atoms with E-state index < -0.39 is 0 Å². The lowest BCUT2D eigenvalue weighted by Crippen LogP contribution is -2.29. The van der Waals surface area contributed by atoms with Crippen molar-refractivity contribution in [1.29, 1.82) is 10.5 Å². The van der Waals surface area contributed by atoms with Crippen molar-refractivity contribution < 1.29 is 43.1 Å². The number of rotatable bonds is 19. The summed E-state index contributed by atoms with van der Waals surface area (Å²) in [7, 11) is 0. The highest BCUT2D eigenvalue weighted by Crippen LogP contribution is 2.39. The van der Waals surface area contributed by atoms with E-state index in [2.05, 4.69) is 33.1 Å². The lowest BCUT2D eigenvalue weighted by Gasteiger charge is -2.19. The fourth-order valence-electron chi connectivity index (χ4n) is 7.80. The molecule has 2 unspecified atom stereocenters. The molecule has 8 rings (SSSR count). The van der Waals surface area contributed by atoms with Gasteiger partial charge in [0.1, 0.15) is 74.5 Å². The molecule has 2 atom stereocenters. The molecule has 15 nitrogen and oxygen atoms in total. The number of esters is 2. The topological polar surface area (TPSA) is 206 Å². The second kappa shape index (κ2) is 22.0. The van der Waals surface area contributed by atoms with Gasteiger partial charge in [0, 0.05) is 89.3 Å².